The highest BCUT2D eigenvalue weighted by Gasteiger charge is 1.93. The highest BCUT2D eigenvalue weighted by atomic mass is 32.2. The average molecular weight is 178 g/mol. The summed E-state index contributed by atoms with van der Waals surface area (Å²) in [6.45, 7) is 3.24. The molecule has 1 fully saturated rings. The van der Waals surface area contributed by atoms with Crippen molar-refractivity contribution in [2.45, 2.75) is 6.42 Å². The number of hydrogen-bond donors (Lipinski definition) is 3. The Hall–Kier alpha value is 0.230. The third-order valence-corrected chi connectivity index (χ3v) is 2.19. The summed E-state index contributed by atoms with van der Waals surface area (Å²) in [6.07, 6.45) is 0.722. The Kier molecular flexibility index (Phi) is 10.4. The second-order valence-electron chi connectivity index (χ2n) is 2.23. The number of aliphatic hydroxyl groups excluding tert-OH is 1. The minimum atomic E-state index is 0.219. The summed E-state index contributed by atoms with van der Waals surface area (Å²) in [5.41, 5.74) is 4.98. The fourth-order valence-electron chi connectivity index (χ4n) is 0.607. The van der Waals surface area contributed by atoms with Crippen molar-refractivity contribution in [2.75, 3.05) is 37.7 Å². The molecule has 0 atom stereocenters. The van der Waals surface area contributed by atoms with Crippen LogP contribution in [0.2, 0.25) is 0 Å². The third kappa shape index (κ3) is 10.2. The summed E-state index contributed by atoms with van der Waals surface area (Å²) in [7, 11) is 0. The fourth-order valence-corrected chi connectivity index (χ4v) is 1.39. The molecule has 0 unspecified atom stereocenters. The summed E-state index contributed by atoms with van der Waals surface area (Å²) >= 11 is 2.03. The molecule has 1 rings (SSSR count). The normalized spacial score (nSPS) is 16.9. The van der Waals surface area contributed by atoms with Crippen molar-refractivity contribution in [3.8, 4) is 0 Å². The number of nitrogens with one attached hydrogen (secondary N) is 1. The summed E-state index contributed by atoms with van der Waals surface area (Å²) < 4.78 is 0. The minimum Gasteiger partial charge on any atom is -0.396 e. The van der Waals surface area contributed by atoms with Crippen molar-refractivity contribution in [1.82, 2.24) is 5.32 Å². The standard InChI is InChI=1S/C4H9NS.C3H9NO/c1-3-6-4-2-5-1;4-2-1-3-5/h5H,1-4H2;5H,1-4H2. The topological polar surface area (TPSA) is 58.3 Å². The summed E-state index contributed by atoms with van der Waals surface area (Å²) in [5.74, 6) is 2.61. The number of aliphatic hydroxyl groups is 1. The van der Waals surface area contributed by atoms with Crippen LogP contribution in [0.1, 0.15) is 6.42 Å². The van der Waals surface area contributed by atoms with Crippen LogP contribution in [0.4, 0.5) is 0 Å². The number of nitrogens with two attached hydrogens (primary N) is 1. The molecule has 0 amide bonds. The molecule has 4 heteroatoms. The molecule has 4 N–H and O–H groups in total. The number of thioether (sulfide) groups is 1. The quantitative estimate of drug-likeness (QED) is 0.541. The van der Waals surface area contributed by atoms with Crippen molar-refractivity contribution < 1.29 is 5.11 Å². The van der Waals surface area contributed by atoms with Crippen LogP contribution >= 0.6 is 11.8 Å². The molecule has 0 aromatic heterocycles. The molecule has 68 valence electrons. The molecule has 0 aliphatic carbocycles. The highest BCUT2D eigenvalue weighted by Crippen LogP contribution is 1.99. The Balaban J connectivity index is 0.000000187. The largest absolute Gasteiger partial charge is 0.396 e. The highest BCUT2D eigenvalue weighted by molar-refractivity contribution is 7.99. The van der Waals surface area contributed by atoms with Crippen LogP contribution < -0.4 is 11.1 Å². The van der Waals surface area contributed by atoms with Gasteiger partial charge in [0.2, 0.25) is 0 Å². The SMILES string of the molecule is C1CSCCN1.NCCCO. The lowest BCUT2D eigenvalue weighted by molar-refractivity contribution is 0.291. The molecular weight excluding hydrogens is 160 g/mol. The Morgan fingerprint density at radius 1 is 1.36 bits per heavy atom. The van der Waals surface area contributed by atoms with E-state index in [0.717, 1.165) is 6.42 Å². The second kappa shape index (κ2) is 10.2. The van der Waals surface area contributed by atoms with Crippen LogP contribution in [-0.4, -0.2) is 42.9 Å². The van der Waals surface area contributed by atoms with Gasteiger partial charge in [0.1, 0.15) is 0 Å². The maximum absolute atomic E-state index is 7.99. The molecule has 1 heterocycles. The number of rotatable bonds is 2. The lowest BCUT2D eigenvalue weighted by Crippen LogP contribution is -2.24. The van der Waals surface area contributed by atoms with Gasteiger partial charge in [-0.1, -0.05) is 0 Å². The molecule has 3 nitrogen and oxygen atoms in total. The van der Waals surface area contributed by atoms with Gasteiger partial charge in [-0.05, 0) is 13.0 Å². The lowest BCUT2D eigenvalue weighted by Gasteiger charge is -2.08. The van der Waals surface area contributed by atoms with Crippen LogP contribution in [0.15, 0.2) is 0 Å². The van der Waals surface area contributed by atoms with Gasteiger partial charge >= 0.3 is 0 Å². The lowest BCUT2D eigenvalue weighted by atomic mass is 10.5. The van der Waals surface area contributed by atoms with Gasteiger partial charge in [0, 0.05) is 31.2 Å². The van der Waals surface area contributed by atoms with E-state index < -0.39 is 0 Å². The molecule has 0 aromatic rings. The Labute approximate surface area is 72.7 Å². The predicted octanol–water partition coefficient (Wildman–Crippen LogP) is -0.350. The van der Waals surface area contributed by atoms with E-state index in [2.05, 4.69) is 5.32 Å². The zero-order chi connectivity index (χ0) is 8.36. The van der Waals surface area contributed by atoms with Gasteiger partial charge in [-0.15, -0.1) is 0 Å². The van der Waals surface area contributed by atoms with Gasteiger partial charge in [0.15, 0.2) is 0 Å². The zero-order valence-corrected chi connectivity index (χ0v) is 7.70. The second-order valence-corrected chi connectivity index (χ2v) is 3.45. The maximum Gasteiger partial charge on any atom is 0.0443 e. The van der Waals surface area contributed by atoms with E-state index in [1.807, 2.05) is 11.8 Å². The van der Waals surface area contributed by atoms with E-state index in [1.54, 1.807) is 0 Å². The monoisotopic (exact) mass is 178 g/mol. The van der Waals surface area contributed by atoms with Gasteiger partial charge in [-0.2, -0.15) is 11.8 Å². The van der Waals surface area contributed by atoms with Crippen LogP contribution in [-0.2, 0) is 0 Å². The summed E-state index contributed by atoms with van der Waals surface area (Å²) in [6, 6.07) is 0. The van der Waals surface area contributed by atoms with Gasteiger partial charge in [0.05, 0.1) is 0 Å². The molecule has 1 aliphatic rings. The van der Waals surface area contributed by atoms with Gasteiger partial charge in [0.25, 0.3) is 0 Å². The minimum absolute atomic E-state index is 0.219. The molecule has 0 bridgehead atoms. The predicted molar refractivity (Wildman–Crippen MR) is 51.0 cm³/mol. The summed E-state index contributed by atoms with van der Waals surface area (Å²) in [4.78, 5) is 0. The van der Waals surface area contributed by atoms with E-state index in [1.165, 1.54) is 24.6 Å². The van der Waals surface area contributed by atoms with Crippen LogP contribution in [0.5, 0.6) is 0 Å². The first-order valence-corrected chi connectivity index (χ1v) is 5.16. The van der Waals surface area contributed by atoms with Crippen LogP contribution in [0.25, 0.3) is 0 Å². The van der Waals surface area contributed by atoms with Crippen LogP contribution in [0.3, 0.4) is 0 Å². The third-order valence-electron chi connectivity index (χ3n) is 1.21. The van der Waals surface area contributed by atoms with Crippen molar-refractivity contribution >= 4 is 11.8 Å². The fraction of sp³-hybridized carbons (Fsp3) is 1.00. The maximum atomic E-state index is 7.99. The van der Waals surface area contributed by atoms with E-state index >= 15 is 0 Å². The molecule has 0 aromatic carbocycles. The Morgan fingerprint density at radius 2 is 2.00 bits per heavy atom. The Morgan fingerprint density at radius 3 is 2.09 bits per heavy atom. The first-order valence-electron chi connectivity index (χ1n) is 4.01. The molecule has 1 saturated heterocycles. The summed E-state index contributed by atoms with van der Waals surface area (Å²) in [5, 5.41) is 11.3. The van der Waals surface area contributed by atoms with Gasteiger partial charge in [-0.3, -0.25) is 0 Å². The van der Waals surface area contributed by atoms with Crippen molar-refractivity contribution in [1.29, 1.82) is 0 Å². The first kappa shape index (κ1) is 11.2. The molecule has 0 spiro atoms. The number of hydrogen-bond acceptors (Lipinski definition) is 4. The van der Waals surface area contributed by atoms with Crippen molar-refractivity contribution in [3.63, 3.8) is 0 Å². The van der Waals surface area contributed by atoms with Gasteiger partial charge in [-0.25, -0.2) is 0 Å². The smallest absolute Gasteiger partial charge is 0.0443 e. The molecule has 1 aliphatic heterocycles. The molecule has 11 heavy (non-hydrogen) atoms. The average Bonchev–Trinajstić information content (AvgIpc) is 2.10. The van der Waals surface area contributed by atoms with E-state index in [0.29, 0.717) is 6.54 Å². The van der Waals surface area contributed by atoms with E-state index in [-0.39, 0.29) is 6.61 Å². The van der Waals surface area contributed by atoms with Crippen molar-refractivity contribution in [3.05, 3.63) is 0 Å². The molecule has 0 radical (unpaired) electrons. The Bertz CT molecular complexity index is 56.0. The van der Waals surface area contributed by atoms with Crippen LogP contribution in [0, 0.1) is 0 Å². The van der Waals surface area contributed by atoms with Crippen molar-refractivity contribution in [2.24, 2.45) is 5.73 Å². The molecular formula is C7H18N2OS. The zero-order valence-electron chi connectivity index (χ0n) is 6.88. The first-order chi connectivity index (χ1) is 5.41. The van der Waals surface area contributed by atoms with E-state index in [9.17, 15) is 0 Å². The van der Waals surface area contributed by atoms with Gasteiger partial charge < -0.3 is 16.2 Å². The van der Waals surface area contributed by atoms with E-state index in [4.69, 9.17) is 10.8 Å². The molecule has 0 saturated carbocycles.